The van der Waals surface area contributed by atoms with Crippen LogP contribution in [0.3, 0.4) is 0 Å². The largest absolute Gasteiger partial charge is 0.346 e. The van der Waals surface area contributed by atoms with Crippen molar-refractivity contribution in [1.29, 1.82) is 0 Å². The van der Waals surface area contributed by atoms with Crippen LogP contribution < -0.4 is 5.32 Å². The number of benzene rings is 1. The maximum absolute atomic E-state index is 13.2. The lowest BCUT2D eigenvalue weighted by Gasteiger charge is -2.15. The predicted molar refractivity (Wildman–Crippen MR) is 77.0 cm³/mol. The molecular weight excluding hydrogens is 255 g/mol. The number of nitrogens with one attached hydrogen (secondary N) is 1. The normalized spacial score (nSPS) is 12.2. The summed E-state index contributed by atoms with van der Waals surface area (Å²) in [6.45, 7) is 6.02. The van der Waals surface area contributed by atoms with Crippen molar-refractivity contribution < 1.29 is 4.39 Å². The number of aromatic nitrogens is 3. The molecule has 1 N–H and O–H groups in total. The van der Waals surface area contributed by atoms with Gasteiger partial charge in [-0.15, -0.1) is 5.10 Å². The first-order valence-corrected chi connectivity index (χ1v) is 6.88. The topological polar surface area (TPSA) is 50.7 Å². The van der Waals surface area contributed by atoms with Gasteiger partial charge in [0, 0.05) is 0 Å². The molecule has 0 aliphatic heterocycles. The Balaban J connectivity index is 2.17. The Morgan fingerprint density at radius 1 is 1.15 bits per heavy atom. The van der Waals surface area contributed by atoms with Crippen LogP contribution in [0.5, 0.6) is 0 Å². The maximum atomic E-state index is 13.2. The van der Waals surface area contributed by atoms with Gasteiger partial charge in [0.15, 0.2) is 0 Å². The fourth-order valence-electron chi connectivity index (χ4n) is 2.05. The Hall–Kier alpha value is -2.04. The molecule has 106 valence electrons. The van der Waals surface area contributed by atoms with Crippen LogP contribution >= 0.6 is 0 Å². The lowest BCUT2D eigenvalue weighted by molar-refractivity contribution is 0.623. The summed E-state index contributed by atoms with van der Waals surface area (Å²) in [6.07, 6.45) is 1.64. The molecule has 20 heavy (non-hydrogen) atoms. The van der Waals surface area contributed by atoms with E-state index in [4.69, 9.17) is 0 Å². The number of aryl methyl sites for hydroxylation is 2. The zero-order valence-electron chi connectivity index (χ0n) is 12.0. The summed E-state index contributed by atoms with van der Waals surface area (Å²) in [5, 5.41) is 11.4. The molecule has 1 unspecified atom stereocenters. The third-order valence-corrected chi connectivity index (χ3v) is 3.20. The summed E-state index contributed by atoms with van der Waals surface area (Å²) in [5.74, 6) is 0.238. The number of hydrogen-bond acceptors (Lipinski definition) is 4. The lowest BCUT2D eigenvalue weighted by Crippen LogP contribution is -2.13. The van der Waals surface area contributed by atoms with Crippen LogP contribution in [-0.4, -0.2) is 15.2 Å². The summed E-state index contributed by atoms with van der Waals surface area (Å²) in [5.41, 5.74) is 2.74. The van der Waals surface area contributed by atoms with Gasteiger partial charge in [0.05, 0.1) is 17.4 Å². The minimum atomic E-state index is -0.245. The fraction of sp³-hybridized carbons (Fsp3) is 0.400. The Morgan fingerprint density at radius 3 is 2.55 bits per heavy atom. The maximum Gasteiger partial charge on any atom is 0.243 e. The molecule has 2 rings (SSSR count). The lowest BCUT2D eigenvalue weighted by atomic mass is 10.1. The highest BCUT2D eigenvalue weighted by Gasteiger charge is 2.10. The van der Waals surface area contributed by atoms with Gasteiger partial charge >= 0.3 is 0 Å². The van der Waals surface area contributed by atoms with Crippen LogP contribution in [0.4, 0.5) is 10.3 Å². The van der Waals surface area contributed by atoms with Crippen molar-refractivity contribution in [1.82, 2.24) is 15.2 Å². The molecule has 0 amide bonds. The van der Waals surface area contributed by atoms with Crippen LogP contribution in [0.2, 0.25) is 0 Å². The smallest absolute Gasteiger partial charge is 0.243 e. The molecule has 0 aliphatic rings. The van der Waals surface area contributed by atoms with Crippen LogP contribution in [-0.2, 0) is 12.8 Å². The summed E-state index contributed by atoms with van der Waals surface area (Å²) in [6, 6.07) is 6.42. The first kappa shape index (κ1) is 14.4. The molecule has 1 aromatic heterocycles. The average Bonchev–Trinajstić information content (AvgIpc) is 2.47. The summed E-state index contributed by atoms with van der Waals surface area (Å²) >= 11 is 0. The quantitative estimate of drug-likeness (QED) is 0.908. The Bertz CT molecular complexity index is 586. The highest BCUT2D eigenvalue weighted by molar-refractivity contribution is 5.32. The van der Waals surface area contributed by atoms with E-state index in [1.807, 2.05) is 26.8 Å². The molecule has 0 saturated carbocycles. The second-order valence-corrected chi connectivity index (χ2v) is 4.66. The number of rotatable bonds is 5. The van der Waals surface area contributed by atoms with Gasteiger partial charge in [-0.1, -0.05) is 26.0 Å². The first-order chi connectivity index (χ1) is 9.63. The molecule has 0 aliphatic carbocycles. The number of anilines is 1. The van der Waals surface area contributed by atoms with Crippen molar-refractivity contribution >= 4 is 5.95 Å². The molecule has 0 radical (unpaired) electrons. The second-order valence-electron chi connectivity index (χ2n) is 4.66. The molecule has 4 nitrogen and oxygen atoms in total. The van der Waals surface area contributed by atoms with Gasteiger partial charge in [-0.3, -0.25) is 0 Å². The summed E-state index contributed by atoms with van der Waals surface area (Å²) in [4.78, 5) is 4.47. The predicted octanol–water partition coefficient (Wildman–Crippen LogP) is 3.31. The van der Waals surface area contributed by atoms with Gasteiger partial charge in [-0.2, -0.15) is 5.10 Å². The number of hydrogen-bond donors (Lipinski definition) is 1. The molecule has 1 heterocycles. The zero-order chi connectivity index (χ0) is 14.5. The second kappa shape index (κ2) is 6.41. The van der Waals surface area contributed by atoms with Crippen molar-refractivity contribution in [3.8, 4) is 0 Å². The van der Waals surface area contributed by atoms with Gasteiger partial charge in [-0.25, -0.2) is 9.37 Å². The van der Waals surface area contributed by atoms with E-state index < -0.39 is 0 Å². The Kier molecular flexibility index (Phi) is 4.61. The van der Waals surface area contributed by atoms with E-state index in [1.165, 1.54) is 12.1 Å². The van der Waals surface area contributed by atoms with E-state index in [2.05, 4.69) is 20.5 Å². The van der Waals surface area contributed by atoms with E-state index in [9.17, 15) is 4.39 Å². The number of nitrogens with zero attached hydrogens (tertiary/aromatic N) is 3. The molecular formula is C15H19FN4. The highest BCUT2D eigenvalue weighted by atomic mass is 19.1. The zero-order valence-corrected chi connectivity index (χ0v) is 12.0. The molecule has 0 fully saturated rings. The van der Waals surface area contributed by atoms with E-state index >= 15 is 0 Å². The summed E-state index contributed by atoms with van der Waals surface area (Å²) < 4.78 is 13.2. The van der Waals surface area contributed by atoms with Gasteiger partial charge in [-0.05, 0) is 37.5 Å². The molecule has 5 heteroatoms. The van der Waals surface area contributed by atoms with Crippen LogP contribution in [0.25, 0.3) is 0 Å². The summed E-state index contributed by atoms with van der Waals surface area (Å²) in [7, 11) is 0. The molecule has 0 bridgehead atoms. The molecule has 2 aromatic rings. The third kappa shape index (κ3) is 3.29. The van der Waals surface area contributed by atoms with Crippen LogP contribution in [0.15, 0.2) is 24.3 Å². The first-order valence-electron chi connectivity index (χ1n) is 6.88. The van der Waals surface area contributed by atoms with Crippen molar-refractivity contribution in [2.45, 2.75) is 39.7 Å². The molecule has 1 atom stereocenters. The van der Waals surface area contributed by atoms with Gasteiger partial charge < -0.3 is 5.32 Å². The van der Waals surface area contributed by atoms with Crippen molar-refractivity contribution in [2.24, 2.45) is 0 Å². The molecule has 0 spiro atoms. The molecule has 1 aromatic carbocycles. The number of halogens is 1. The minimum Gasteiger partial charge on any atom is -0.346 e. The Morgan fingerprint density at radius 2 is 1.90 bits per heavy atom. The fourth-order valence-corrected chi connectivity index (χ4v) is 2.05. The minimum absolute atomic E-state index is 0.0790. The van der Waals surface area contributed by atoms with E-state index in [0.717, 1.165) is 29.8 Å². The van der Waals surface area contributed by atoms with E-state index in [0.29, 0.717) is 5.95 Å². The van der Waals surface area contributed by atoms with Gasteiger partial charge in [0.2, 0.25) is 5.95 Å². The van der Waals surface area contributed by atoms with Crippen molar-refractivity contribution in [3.63, 3.8) is 0 Å². The SMILES string of the molecule is CCc1nnc(NC(C)c2cccc(F)c2)nc1CC. The van der Waals surface area contributed by atoms with Gasteiger partial charge in [0.1, 0.15) is 5.82 Å². The molecule has 0 saturated heterocycles. The Labute approximate surface area is 118 Å². The van der Waals surface area contributed by atoms with Gasteiger partial charge in [0.25, 0.3) is 0 Å². The monoisotopic (exact) mass is 274 g/mol. The van der Waals surface area contributed by atoms with Crippen LogP contribution in [0, 0.1) is 5.82 Å². The average molecular weight is 274 g/mol. The standard InChI is InChI=1S/C15H19FN4/c1-4-13-14(5-2)19-20-15(18-13)17-10(3)11-7-6-8-12(16)9-11/h6-10H,4-5H2,1-3H3,(H,17,18,20). The van der Waals surface area contributed by atoms with E-state index in [1.54, 1.807) is 6.07 Å². The van der Waals surface area contributed by atoms with Crippen molar-refractivity contribution in [2.75, 3.05) is 5.32 Å². The highest BCUT2D eigenvalue weighted by Crippen LogP contribution is 2.18. The third-order valence-electron chi connectivity index (χ3n) is 3.20. The van der Waals surface area contributed by atoms with Crippen molar-refractivity contribution in [3.05, 3.63) is 47.0 Å². The van der Waals surface area contributed by atoms with Crippen LogP contribution in [0.1, 0.15) is 43.8 Å². The van der Waals surface area contributed by atoms with E-state index in [-0.39, 0.29) is 11.9 Å².